The van der Waals surface area contributed by atoms with Gasteiger partial charge in [0.2, 0.25) is 0 Å². The van der Waals surface area contributed by atoms with Gasteiger partial charge in [-0.2, -0.15) is 0 Å². The highest BCUT2D eigenvalue weighted by Gasteiger charge is 2.07. The van der Waals surface area contributed by atoms with Crippen molar-refractivity contribution in [2.45, 2.75) is 6.92 Å². The van der Waals surface area contributed by atoms with Crippen LogP contribution in [-0.2, 0) is 0 Å². The number of H-pyrrole nitrogens is 1. The molecule has 2 heterocycles. The van der Waals surface area contributed by atoms with Crippen LogP contribution in [0, 0.1) is 6.92 Å². The van der Waals surface area contributed by atoms with Crippen LogP contribution in [0.4, 0.5) is 5.69 Å². The van der Waals surface area contributed by atoms with Gasteiger partial charge in [0.1, 0.15) is 5.82 Å². The van der Waals surface area contributed by atoms with Crippen LogP contribution < -0.4 is 5.32 Å². The van der Waals surface area contributed by atoms with Crippen molar-refractivity contribution in [3.63, 3.8) is 0 Å². The number of aromatic nitrogens is 2. The topological polar surface area (TPSA) is 57.8 Å². The van der Waals surface area contributed by atoms with Crippen molar-refractivity contribution in [3.8, 4) is 0 Å². The van der Waals surface area contributed by atoms with E-state index in [0.717, 1.165) is 22.5 Å². The van der Waals surface area contributed by atoms with Gasteiger partial charge in [0, 0.05) is 5.69 Å². The molecule has 1 amide bonds. The lowest BCUT2D eigenvalue weighted by atomic mass is 10.2. The second-order valence-corrected chi connectivity index (χ2v) is 4.93. The number of fused-ring (bicyclic) bond motifs is 1. The van der Waals surface area contributed by atoms with Crippen molar-refractivity contribution in [2.75, 3.05) is 5.32 Å². The minimum absolute atomic E-state index is 0.0828. The minimum Gasteiger partial charge on any atom is -0.342 e. The number of aryl methyl sites for hydroxylation is 1. The van der Waals surface area contributed by atoms with Gasteiger partial charge in [-0.05, 0) is 36.6 Å². The molecule has 0 aliphatic rings. The van der Waals surface area contributed by atoms with Gasteiger partial charge in [-0.15, -0.1) is 11.3 Å². The van der Waals surface area contributed by atoms with Crippen LogP contribution >= 0.6 is 11.3 Å². The van der Waals surface area contributed by atoms with E-state index >= 15 is 0 Å². The number of nitrogens with one attached hydrogen (secondary N) is 2. The second-order valence-electron chi connectivity index (χ2n) is 3.99. The van der Waals surface area contributed by atoms with Gasteiger partial charge in [-0.1, -0.05) is 6.07 Å². The van der Waals surface area contributed by atoms with Crippen molar-refractivity contribution in [2.24, 2.45) is 0 Å². The largest absolute Gasteiger partial charge is 0.342 e. The summed E-state index contributed by atoms with van der Waals surface area (Å²) in [5.41, 5.74) is 2.60. The summed E-state index contributed by atoms with van der Waals surface area (Å²) in [6, 6.07) is 9.30. The maximum absolute atomic E-state index is 11.9. The van der Waals surface area contributed by atoms with E-state index in [1.807, 2.05) is 36.6 Å². The third-order valence-corrected chi connectivity index (χ3v) is 3.47. The summed E-state index contributed by atoms with van der Waals surface area (Å²) in [6.07, 6.45) is 0. The molecule has 0 atom stereocenters. The number of carbonyl (C=O) groups is 1. The predicted octanol–water partition coefficient (Wildman–Crippen LogP) is 3.19. The fraction of sp³-hybridized carbons (Fsp3) is 0.0769. The summed E-state index contributed by atoms with van der Waals surface area (Å²) in [6.45, 7) is 1.91. The Labute approximate surface area is 108 Å². The molecule has 0 saturated carbocycles. The molecule has 0 unspecified atom stereocenters. The van der Waals surface area contributed by atoms with Crippen molar-refractivity contribution in [1.82, 2.24) is 9.97 Å². The van der Waals surface area contributed by atoms with Crippen LogP contribution in [-0.4, -0.2) is 15.9 Å². The number of benzene rings is 1. The Morgan fingerprint density at radius 2 is 2.28 bits per heavy atom. The molecule has 0 spiro atoms. The second kappa shape index (κ2) is 4.27. The predicted molar refractivity (Wildman–Crippen MR) is 73.1 cm³/mol. The Kier molecular flexibility index (Phi) is 2.60. The molecule has 18 heavy (non-hydrogen) atoms. The van der Waals surface area contributed by atoms with E-state index < -0.39 is 0 Å². The lowest BCUT2D eigenvalue weighted by Gasteiger charge is -2.02. The monoisotopic (exact) mass is 257 g/mol. The number of aromatic amines is 1. The first-order valence-corrected chi connectivity index (χ1v) is 6.41. The van der Waals surface area contributed by atoms with Crippen LogP contribution in [0.1, 0.15) is 15.5 Å². The first-order chi connectivity index (χ1) is 8.72. The highest BCUT2D eigenvalue weighted by Crippen LogP contribution is 2.18. The molecular weight excluding hydrogens is 246 g/mol. The number of amides is 1. The molecule has 3 rings (SSSR count). The fourth-order valence-corrected chi connectivity index (χ4v) is 2.43. The van der Waals surface area contributed by atoms with Crippen LogP contribution in [0.15, 0.2) is 35.7 Å². The molecule has 4 nitrogen and oxygen atoms in total. The number of imidazole rings is 1. The number of hydrogen-bond donors (Lipinski definition) is 2. The summed E-state index contributed by atoms with van der Waals surface area (Å²) in [5.74, 6) is 0.785. The summed E-state index contributed by atoms with van der Waals surface area (Å²) in [7, 11) is 0. The highest BCUT2D eigenvalue weighted by atomic mass is 32.1. The van der Waals surface area contributed by atoms with Crippen molar-refractivity contribution >= 4 is 34.0 Å². The zero-order valence-corrected chi connectivity index (χ0v) is 10.5. The smallest absolute Gasteiger partial charge is 0.265 e. The van der Waals surface area contributed by atoms with Gasteiger partial charge < -0.3 is 10.3 Å². The van der Waals surface area contributed by atoms with E-state index in [0.29, 0.717) is 4.88 Å². The highest BCUT2D eigenvalue weighted by molar-refractivity contribution is 7.12. The van der Waals surface area contributed by atoms with E-state index in [2.05, 4.69) is 15.3 Å². The Hall–Kier alpha value is -2.14. The van der Waals surface area contributed by atoms with E-state index in [4.69, 9.17) is 0 Å². The first-order valence-electron chi connectivity index (χ1n) is 5.53. The lowest BCUT2D eigenvalue weighted by molar-refractivity contribution is 0.103. The van der Waals surface area contributed by atoms with Crippen LogP contribution in [0.2, 0.25) is 0 Å². The SMILES string of the molecule is Cc1nc2ccc(NC(=O)c3cccs3)cc2[nH]1. The summed E-state index contributed by atoms with van der Waals surface area (Å²) < 4.78 is 0. The molecular formula is C13H11N3OS. The van der Waals surface area contributed by atoms with Gasteiger partial charge in [-0.25, -0.2) is 4.98 Å². The molecule has 3 aromatic rings. The summed E-state index contributed by atoms with van der Waals surface area (Å²) >= 11 is 1.43. The number of nitrogens with zero attached hydrogens (tertiary/aromatic N) is 1. The number of carbonyl (C=O) groups excluding carboxylic acids is 1. The molecule has 0 fully saturated rings. The van der Waals surface area contributed by atoms with E-state index in [1.54, 1.807) is 6.07 Å². The molecule has 90 valence electrons. The first kappa shape index (κ1) is 11.0. The fourth-order valence-electron chi connectivity index (χ4n) is 1.82. The van der Waals surface area contributed by atoms with Gasteiger partial charge in [0.15, 0.2) is 0 Å². The molecule has 0 aliphatic heterocycles. The van der Waals surface area contributed by atoms with Crippen LogP contribution in [0.5, 0.6) is 0 Å². The van der Waals surface area contributed by atoms with Crippen LogP contribution in [0.25, 0.3) is 11.0 Å². The van der Waals surface area contributed by atoms with Crippen molar-refractivity contribution in [3.05, 3.63) is 46.4 Å². The molecule has 0 bridgehead atoms. The molecule has 0 aliphatic carbocycles. The molecule has 2 N–H and O–H groups in total. The third-order valence-electron chi connectivity index (χ3n) is 2.60. The van der Waals surface area contributed by atoms with Gasteiger partial charge in [-0.3, -0.25) is 4.79 Å². The van der Waals surface area contributed by atoms with Gasteiger partial charge in [0.05, 0.1) is 15.9 Å². The standard InChI is InChI=1S/C13H11N3OS/c1-8-14-10-5-4-9(7-11(10)15-8)16-13(17)12-3-2-6-18-12/h2-7H,1H3,(H,14,15)(H,16,17). The van der Waals surface area contributed by atoms with E-state index in [-0.39, 0.29) is 5.91 Å². The molecule has 2 aromatic heterocycles. The normalized spacial score (nSPS) is 10.7. The number of thiophene rings is 1. The number of anilines is 1. The van der Waals surface area contributed by atoms with Gasteiger partial charge in [0.25, 0.3) is 5.91 Å². The Morgan fingerprint density at radius 1 is 1.39 bits per heavy atom. The Bertz CT molecular complexity index is 700. The Morgan fingerprint density at radius 3 is 3.06 bits per heavy atom. The maximum atomic E-state index is 11.9. The third kappa shape index (κ3) is 2.00. The zero-order valence-electron chi connectivity index (χ0n) is 9.73. The van der Waals surface area contributed by atoms with E-state index in [1.165, 1.54) is 11.3 Å². The van der Waals surface area contributed by atoms with E-state index in [9.17, 15) is 4.79 Å². The summed E-state index contributed by atoms with van der Waals surface area (Å²) in [5, 5.41) is 4.75. The van der Waals surface area contributed by atoms with Crippen molar-refractivity contribution < 1.29 is 4.79 Å². The zero-order chi connectivity index (χ0) is 12.5. The summed E-state index contributed by atoms with van der Waals surface area (Å²) in [4.78, 5) is 20.1. The molecule has 0 radical (unpaired) electrons. The number of rotatable bonds is 2. The van der Waals surface area contributed by atoms with Crippen LogP contribution in [0.3, 0.4) is 0 Å². The maximum Gasteiger partial charge on any atom is 0.265 e. The molecule has 5 heteroatoms. The quantitative estimate of drug-likeness (QED) is 0.740. The van der Waals surface area contributed by atoms with Crippen molar-refractivity contribution in [1.29, 1.82) is 0 Å². The average molecular weight is 257 g/mol. The van der Waals surface area contributed by atoms with Gasteiger partial charge >= 0.3 is 0 Å². The molecule has 0 saturated heterocycles. The lowest BCUT2D eigenvalue weighted by Crippen LogP contribution is -2.09. The number of hydrogen-bond acceptors (Lipinski definition) is 3. The average Bonchev–Trinajstić information content (AvgIpc) is 2.95. The minimum atomic E-state index is -0.0828. The Balaban J connectivity index is 1.88. The molecule has 1 aromatic carbocycles.